The van der Waals surface area contributed by atoms with Gasteiger partial charge in [-0.3, -0.25) is 9.89 Å². The molecule has 29 heavy (non-hydrogen) atoms. The molecule has 1 aliphatic heterocycles. The van der Waals surface area contributed by atoms with Crippen molar-refractivity contribution in [2.45, 2.75) is 45.3 Å². The minimum atomic E-state index is -0.436. The number of nitrogens with zero attached hydrogens (tertiary/aromatic N) is 2. The second kappa shape index (κ2) is 10.2. The molecule has 0 amide bonds. The van der Waals surface area contributed by atoms with E-state index in [1.807, 2.05) is 0 Å². The Bertz CT molecular complexity index is 788. The molecule has 0 spiro atoms. The van der Waals surface area contributed by atoms with Crippen LogP contribution in [-0.4, -0.2) is 54.8 Å². The van der Waals surface area contributed by atoms with Crippen LogP contribution in [-0.2, 0) is 18.4 Å². The van der Waals surface area contributed by atoms with Crippen molar-refractivity contribution in [3.8, 4) is 0 Å². The lowest BCUT2D eigenvalue weighted by molar-refractivity contribution is 0.108. The van der Waals surface area contributed by atoms with Crippen molar-refractivity contribution in [1.29, 1.82) is 0 Å². The van der Waals surface area contributed by atoms with Crippen LogP contribution in [0.2, 0.25) is 0 Å². The number of aliphatic hydroxyl groups excluding tert-OH is 1. The van der Waals surface area contributed by atoms with Gasteiger partial charge >= 0.3 is 0 Å². The maximum absolute atomic E-state index is 10.6. The van der Waals surface area contributed by atoms with Crippen LogP contribution in [0, 0.1) is 0 Å². The number of fused-ring (bicyclic) bond motifs is 1. The lowest BCUT2D eigenvalue weighted by Crippen LogP contribution is -2.45. The molecule has 2 aromatic rings. The molecule has 0 saturated carbocycles. The summed E-state index contributed by atoms with van der Waals surface area (Å²) < 4.78 is 0. The maximum atomic E-state index is 10.6. The number of rotatable bonds is 8. The maximum Gasteiger partial charge on any atom is 0.191 e. The quantitative estimate of drug-likeness (QED) is 0.459. The first-order valence-electron chi connectivity index (χ1n) is 10.5. The third-order valence-electron chi connectivity index (χ3n) is 5.35. The Morgan fingerprint density at radius 1 is 1.21 bits per heavy atom. The molecule has 0 fully saturated rings. The van der Waals surface area contributed by atoms with Crippen LogP contribution in [0.25, 0.3) is 0 Å². The van der Waals surface area contributed by atoms with Gasteiger partial charge in [-0.15, -0.1) is 11.3 Å². The van der Waals surface area contributed by atoms with Crippen molar-refractivity contribution in [2.75, 3.05) is 32.7 Å². The van der Waals surface area contributed by atoms with E-state index < -0.39 is 6.10 Å². The predicted octanol–water partition coefficient (Wildman–Crippen LogP) is 3.00. The Morgan fingerprint density at radius 3 is 2.72 bits per heavy atom. The zero-order valence-electron chi connectivity index (χ0n) is 17.8. The van der Waals surface area contributed by atoms with Crippen molar-refractivity contribution in [3.05, 3.63) is 57.8 Å². The summed E-state index contributed by atoms with van der Waals surface area (Å²) in [6.07, 6.45) is 0.618. The Hall–Kier alpha value is -1.89. The topological polar surface area (TPSA) is 59.9 Å². The number of β-amino-alcohol motifs (C(OH)–C–C–N with tert-alkyl or cyclic N) is 1. The number of hydrogen-bond donors (Lipinski definition) is 3. The first-order valence-corrected chi connectivity index (χ1v) is 11.4. The molecule has 1 aromatic carbocycles. The highest BCUT2D eigenvalue weighted by Crippen LogP contribution is 2.27. The van der Waals surface area contributed by atoms with Crippen LogP contribution >= 0.6 is 11.3 Å². The minimum Gasteiger partial charge on any atom is -0.390 e. The molecule has 158 valence electrons. The standard InChI is InChI=1S/C23H34N4OS/c1-4-24-22(26-17-23(2,3)21-10-7-13-29-21)25-14-20(28)16-27-12-11-18-8-5-6-9-19(18)15-27/h5-10,13,20,28H,4,11-12,14-17H2,1-3H3,(H2,24,25,26). The zero-order chi connectivity index (χ0) is 20.7. The van der Waals surface area contributed by atoms with E-state index in [9.17, 15) is 5.11 Å². The van der Waals surface area contributed by atoms with Crippen LogP contribution in [0.15, 0.2) is 46.8 Å². The van der Waals surface area contributed by atoms with E-state index in [1.54, 1.807) is 11.3 Å². The highest BCUT2D eigenvalue weighted by Gasteiger charge is 2.22. The number of aliphatic imine (C=N–C) groups is 1. The molecule has 3 rings (SSSR count). The van der Waals surface area contributed by atoms with Crippen molar-refractivity contribution in [1.82, 2.24) is 15.5 Å². The molecule has 1 atom stereocenters. The van der Waals surface area contributed by atoms with E-state index in [0.29, 0.717) is 19.6 Å². The van der Waals surface area contributed by atoms with Gasteiger partial charge in [0.2, 0.25) is 0 Å². The summed E-state index contributed by atoms with van der Waals surface area (Å²) in [5.41, 5.74) is 2.81. The van der Waals surface area contributed by atoms with E-state index in [1.165, 1.54) is 16.0 Å². The zero-order valence-corrected chi connectivity index (χ0v) is 18.6. The Labute approximate surface area is 178 Å². The third kappa shape index (κ3) is 6.29. The van der Waals surface area contributed by atoms with E-state index >= 15 is 0 Å². The molecule has 1 aromatic heterocycles. The average Bonchev–Trinajstić information content (AvgIpc) is 3.26. The fourth-order valence-electron chi connectivity index (χ4n) is 3.65. The molecule has 0 aliphatic carbocycles. The largest absolute Gasteiger partial charge is 0.390 e. The second-order valence-corrected chi connectivity index (χ2v) is 9.29. The van der Waals surface area contributed by atoms with Gasteiger partial charge in [0, 0.05) is 43.0 Å². The normalized spacial score (nSPS) is 16.3. The molecule has 0 saturated heterocycles. The summed E-state index contributed by atoms with van der Waals surface area (Å²) in [5.74, 6) is 0.764. The lowest BCUT2D eigenvalue weighted by Gasteiger charge is -2.30. The van der Waals surface area contributed by atoms with E-state index in [4.69, 9.17) is 4.99 Å². The Kier molecular flexibility index (Phi) is 7.70. The number of nitrogens with one attached hydrogen (secondary N) is 2. The van der Waals surface area contributed by atoms with Crippen LogP contribution in [0.5, 0.6) is 0 Å². The number of hydrogen-bond acceptors (Lipinski definition) is 4. The van der Waals surface area contributed by atoms with Crippen molar-refractivity contribution < 1.29 is 5.11 Å². The predicted molar refractivity (Wildman–Crippen MR) is 123 cm³/mol. The molecule has 6 heteroatoms. The highest BCUT2D eigenvalue weighted by atomic mass is 32.1. The Morgan fingerprint density at radius 2 is 2.00 bits per heavy atom. The monoisotopic (exact) mass is 414 g/mol. The molecular formula is C23H34N4OS. The molecule has 0 bridgehead atoms. The average molecular weight is 415 g/mol. The van der Waals surface area contributed by atoms with Gasteiger partial charge in [-0.1, -0.05) is 44.2 Å². The minimum absolute atomic E-state index is 0.00364. The summed E-state index contributed by atoms with van der Waals surface area (Å²) >= 11 is 1.77. The van der Waals surface area contributed by atoms with Crippen molar-refractivity contribution in [3.63, 3.8) is 0 Å². The Balaban J connectivity index is 1.49. The van der Waals surface area contributed by atoms with Crippen LogP contribution in [0.4, 0.5) is 0 Å². The molecule has 3 N–H and O–H groups in total. The molecule has 0 radical (unpaired) electrons. The highest BCUT2D eigenvalue weighted by molar-refractivity contribution is 7.10. The summed E-state index contributed by atoms with van der Waals surface area (Å²) in [6, 6.07) is 12.9. The molecule has 5 nitrogen and oxygen atoms in total. The van der Waals surface area contributed by atoms with Crippen LogP contribution in [0.3, 0.4) is 0 Å². The number of guanidine groups is 1. The van der Waals surface area contributed by atoms with Gasteiger partial charge in [-0.2, -0.15) is 0 Å². The van der Waals surface area contributed by atoms with Gasteiger partial charge in [-0.05, 0) is 35.9 Å². The van der Waals surface area contributed by atoms with Gasteiger partial charge in [0.05, 0.1) is 12.6 Å². The fourth-order valence-corrected chi connectivity index (χ4v) is 4.49. The van der Waals surface area contributed by atoms with Crippen LogP contribution in [0.1, 0.15) is 36.8 Å². The molecular weight excluding hydrogens is 380 g/mol. The first-order chi connectivity index (χ1) is 14.0. The van der Waals surface area contributed by atoms with Gasteiger partial charge in [-0.25, -0.2) is 0 Å². The first kappa shape index (κ1) is 21.8. The van der Waals surface area contributed by atoms with Crippen molar-refractivity contribution in [2.24, 2.45) is 4.99 Å². The van der Waals surface area contributed by atoms with E-state index in [2.05, 4.69) is 78.1 Å². The molecule has 1 aliphatic rings. The summed E-state index contributed by atoms with van der Waals surface area (Å²) in [5, 5.41) is 19.3. The lowest BCUT2D eigenvalue weighted by atomic mass is 9.92. The SMILES string of the molecule is CCNC(=NCC(C)(C)c1cccs1)NCC(O)CN1CCc2ccccc2C1. The van der Waals surface area contributed by atoms with Gasteiger partial charge in [0.15, 0.2) is 5.96 Å². The third-order valence-corrected chi connectivity index (χ3v) is 6.58. The van der Waals surface area contributed by atoms with Gasteiger partial charge < -0.3 is 15.7 Å². The smallest absolute Gasteiger partial charge is 0.191 e. The second-order valence-electron chi connectivity index (χ2n) is 8.34. The number of benzene rings is 1. The number of aliphatic hydroxyl groups is 1. The number of thiophene rings is 1. The van der Waals surface area contributed by atoms with Crippen LogP contribution < -0.4 is 10.6 Å². The van der Waals surface area contributed by atoms with E-state index in [-0.39, 0.29) is 5.41 Å². The van der Waals surface area contributed by atoms with Gasteiger partial charge in [0.25, 0.3) is 0 Å². The van der Waals surface area contributed by atoms with Crippen molar-refractivity contribution >= 4 is 17.3 Å². The van der Waals surface area contributed by atoms with E-state index in [0.717, 1.165) is 32.0 Å². The molecule has 1 unspecified atom stereocenters. The summed E-state index contributed by atoms with van der Waals surface area (Å²) in [7, 11) is 0. The molecule has 2 heterocycles. The fraction of sp³-hybridized carbons (Fsp3) is 0.522. The summed E-state index contributed by atoms with van der Waals surface area (Å²) in [6.45, 7) is 11.1. The van der Waals surface area contributed by atoms with Gasteiger partial charge in [0.1, 0.15) is 0 Å². The summed E-state index contributed by atoms with van der Waals surface area (Å²) in [4.78, 5) is 8.43.